The van der Waals surface area contributed by atoms with Crippen LogP contribution in [0.5, 0.6) is 0 Å². The fraction of sp³-hybridized carbons (Fsp3) is 0.105. The first-order valence-corrected chi connectivity index (χ1v) is 9.58. The molecule has 5 nitrogen and oxygen atoms in total. The summed E-state index contributed by atoms with van der Waals surface area (Å²) in [5, 5.41) is 16.1. The maximum absolute atomic E-state index is 12.0. The van der Waals surface area contributed by atoms with Crippen LogP contribution in [0.3, 0.4) is 0 Å². The van der Waals surface area contributed by atoms with Crippen molar-refractivity contribution in [3.8, 4) is 15.8 Å². The third-order valence-electron chi connectivity index (χ3n) is 3.58. The summed E-state index contributed by atoms with van der Waals surface area (Å²) in [6.45, 7) is 0.372. The Balaban J connectivity index is 1.49. The van der Waals surface area contributed by atoms with E-state index in [0.29, 0.717) is 24.2 Å². The Kier molecular flexibility index (Phi) is 5.79. The zero-order valence-electron chi connectivity index (χ0n) is 13.7. The van der Waals surface area contributed by atoms with E-state index in [0.717, 1.165) is 4.88 Å². The molecule has 0 spiro atoms. The molecule has 0 fully saturated rings. The molecule has 26 heavy (non-hydrogen) atoms. The number of rotatable bonds is 5. The lowest BCUT2D eigenvalue weighted by Gasteiger charge is -2.07. The Bertz CT molecular complexity index is 955. The van der Waals surface area contributed by atoms with Gasteiger partial charge in [0.15, 0.2) is 0 Å². The van der Waals surface area contributed by atoms with E-state index < -0.39 is 11.8 Å². The highest BCUT2D eigenvalue weighted by Crippen LogP contribution is 2.31. The van der Waals surface area contributed by atoms with Gasteiger partial charge in [0.05, 0.1) is 11.3 Å². The number of amides is 2. The number of carbonyl (C=O) groups excluding carboxylic acids is 2. The number of nitrogens with zero attached hydrogens (tertiary/aromatic N) is 1. The SMILES string of the molecule is N#Cc1ccccc1NC(=O)C(=O)NCCc1ccc(-c2cccs2)s1. The van der Waals surface area contributed by atoms with Gasteiger partial charge in [-0.2, -0.15) is 5.26 Å². The second kappa shape index (κ2) is 8.43. The summed E-state index contributed by atoms with van der Waals surface area (Å²) < 4.78 is 0. The molecule has 1 aromatic carbocycles. The molecule has 0 atom stereocenters. The van der Waals surface area contributed by atoms with E-state index in [1.54, 1.807) is 46.9 Å². The first kappa shape index (κ1) is 17.9. The molecule has 3 rings (SSSR count). The molecular weight excluding hydrogens is 366 g/mol. The second-order valence-corrected chi connectivity index (χ2v) is 7.48. The third-order valence-corrected chi connectivity index (χ3v) is 5.80. The van der Waals surface area contributed by atoms with Crippen LogP contribution < -0.4 is 10.6 Å². The summed E-state index contributed by atoms with van der Waals surface area (Å²) in [6, 6.07) is 16.7. The van der Waals surface area contributed by atoms with Gasteiger partial charge in [-0.1, -0.05) is 18.2 Å². The number of anilines is 1. The highest BCUT2D eigenvalue weighted by molar-refractivity contribution is 7.21. The number of para-hydroxylation sites is 1. The van der Waals surface area contributed by atoms with E-state index in [1.165, 1.54) is 9.75 Å². The van der Waals surface area contributed by atoms with Crippen LogP contribution >= 0.6 is 22.7 Å². The number of benzene rings is 1. The van der Waals surface area contributed by atoms with Crippen LogP contribution in [0.15, 0.2) is 53.9 Å². The maximum Gasteiger partial charge on any atom is 0.313 e. The van der Waals surface area contributed by atoms with Crippen LogP contribution in [0, 0.1) is 11.3 Å². The topological polar surface area (TPSA) is 82.0 Å². The fourth-order valence-electron chi connectivity index (χ4n) is 2.31. The standard InChI is InChI=1S/C19H15N3O2S2/c20-12-13-4-1-2-5-15(13)22-19(24)18(23)21-10-9-14-7-8-17(26-14)16-6-3-11-25-16/h1-8,11H,9-10H2,(H,21,23)(H,22,24). The predicted octanol–water partition coefficient (Wildman–Crippen LogP) is 3.65. The van der Waals surface area contributed by atoms with Gasteiger partial charge in [-0.25, -0.2) is 0 Å². The van der Waals surface area contributed by atoms with E-state index in [9.17, 15) is 9.59 Å². The molecule has 2 N–H and O–H groups in total. The first-order valence-electron chi connectivity index (χ1n) is 7.88. The average Bonchev–Trinajstić information content (AvgIpc) is 3.33. The zero-order valence-corrected chi connectivity index (χ0v) is 15.3. The molecule has 2 aromatic heterocycles. The molecule has 0 bridgehead atoms. The molecule has 0 radical (unpaired) electrons. The molecular formula is C19H15N3O2S2. The van der Waals surface area contributed by atoms with E-state index in [-0.39, 0.29) is 0 Å². The lowest BCUT2D eigenvalue weighted by molar-refractivity contribution is -0.136. The molecule has 2 heterocycles. The van der Waals surface area contributed by atoms with Crippen molar-refractivity contribution in [3.05, 3.63) is 64.4 Å². The molecule has 130 valence electrons. The monoisotopic (exact) mass is 381 g/mol. The number of hydrogen-bond acceptors (Lipinski definition) is 5. The molecule has 0 aliphatic rings. The van der Waals surface area contributed by atoms with Crippen molar-refractivity contribution in [2.75, 3.05) is 11.9 Å². The van der Waals surface area contributed by atoms with Crippen molar-refractivity contribution >= 4 is 40.2 Å². The first-order chi connectivity index (χ1) is 12.7. The van der Waals surface area contributed by atoms with Gasteiger partial charge in [-0.3, -0.25) is 9.59 Å². The van der Waals surface area contributed by atoms with Gasteiger partial charge in [0.2, 0.25) is 0 Å². The van der Waals surface area contributed by atoms with Crippen molar-refractivity contribution in [1.82, 2.24) is 5.32 Å². The Morgan fingerprint density at radius 1 is 1.00 bits per heavy atom. The van der Waals surface area contributed by atoms with Gasteiger partial charge < -0.3 is 10.6 Å². The smallest absolute Gasteiger partial charge is 0.313 e. The third kappa shape index (κ3) is 4.36. The number of thiophene rings is 2. The predicted molar refractivity (Wildman–Crippen MR) is 104 cm³/mol. The van der Waals surface area contributed by atoms with Crippen molar-refractivity contribution in [2.24, 2.45) is 0 Å². The summed E-state index contributed by atoms with van der Waals surface area (Å²) in [5.41, 5.74) is 0.641. The van der Waals surface area contributed by atoms with Gasteiger partial charge in [0, 0.05) is 21.2 Å². The van der Waals surface area contributed by atoms with Gasteiger partial charge in [0.25, 0.3) is 0 Å². The van der Waals surface area contributed by atoms with E-state index >= 15 is 0 Å². The van der Waals surface area contributed by atoms with E-state index in [4.69, 9.17) is 5.26 Å². The van der Waals surface area contributed by atoms with Crippen molar-refractivity contribution < 1.29 is 9.59 Å². The van der Waals surface area contributed by atoms with Crippen LogP contribution in [0.25, 0.3) is 9.75 Å². The van der Waals surface area contributed by atoms with Crippen LogP contribution in [-0.4, -0.2) is 18.4 Å². The van der Waals surface area contributed by atoms with Gasteiger partial charge >= 0.3 is 11.8 Å². The van der Waals surface area contributed by atoms with Crippen LogP contribution in [-0.2, 0) is 16.0 Å². The van der Waals surface area contributed by atoms with E-state index in [1.807, 2.05) is 23.6 Å². The van der Waals surface area contributed by atoms with Crippen LogP contribution in [0.4, 0.5) is 5.69 Å². The molecule has 3 aromatic rings. The van der Waals surface area contributed by atoms with E-state index in [2.05, 4.69) is 22.8 Å². The van der Waals surface area contributed by atoms with Crippen LogP contribution in [0.1, 0.15) is 10.4 Å². The number of hydrogen-bond donors (Lipinski definition) is 2. The Labute approximate surface area is 158 Å². The molecule has 0 unspecified atom stereocenters. The number of carbonyl (C=O) groups is 2. The molecule has 0 saturated carbocycles. The minimum Gasteiger partial charge on any atom is -0.347 e. The van der Waals surface area contributed by atoms with Gasteiger partial charge in [-0.15, -0.1) is 22.7 Å². The number of nitriles is 1. The zero-order chi connectivity index (χ0) is 18.4. The maximum atomic E-state index is 12.0. The second-order valence-electron chi connectivity index (χ2n) is 5.36. The summed E-state index contributed by atoms with van der Waals surface area (Å²) in [4.78, 5) is 27.4. The normalized spacial score (nSPS) is 10.1. The molecule has 2 amide bonds. The molecule has 0 aliphatic heterocycles. The summed E-state index contributed by atoms with van der Waals surface area (Å²) >= 11 is 3.37. The quantitative estimate of drug-likeness (QED) is 0.662. The molecule has 0 saturated heterocycles. The summed E-state index contributed by atoms with van der Waals surface area (Å²) in [6.07, 6.45) is 0.657. The highest BCUT2D eigenvalue weighted by Gasteiger charge is 2.15. The van der Waals surface area contributed by atoms with Crippen molar-refractivity contribution in [1.29, 1.82) is 5.26 Å². The Hall–Kier alpha value is -2.95. The lowest BCUT2D eigenvalue weighted by atomic mass is 10.2. The summed E-state index contributed by atoms with van der Waals surface area (Å²) in [7, 11) is 0. The lowest BCUT2D eigenvalue weighted by Crippen LogP contribution is -2.36. The minimum absolute atomic E-state index is 0.313. The Morgan fingerprint density at radius 2 is 1.85 bits per heavy atom. The van der Waals surface area contributed by atoms with Gasteiger partial charge in [-0.05, 0) is 42.1 Å². The highest BCUT2D eigenvalue weighted by atomic mass is 32.1. The van der Waals surface area contributed by atoms with Crippen molar-refractivity contribution in [2.45, 2.75) is 6.42 Å². The van der Waals surface area contributed by atoms with Crippen LogP contribution in [0.2, 0.25) is 0 Å². The largest absolute Gasteiger partial charge is 0.347 e. The Morgan fingerprint density at radius 3 is 2.62 bits per heavy atom. The molecule has 7 heteroatoms. The van der Waals surface area contributed by atoms with Crippen molar-refractivity contribution in [3.63, 3.8) is 0 Å². The summed E-state index contributed by atoms with van der Waals surface area (Å²) in [5.74, 6) is -1.49. The minimum atomic E-state index is -0.779. The fourth-order valence-corrected chi connectivity index (χ4v) is 4.15. The number of nitrogens with one attached hydrogen (secondary N) is 2. The average molecular weight is 381 g/mol. The van der Waals surface area contributed by atoms with Gasteiger partial charge in [0.1, 0.15) is 6.07 Å². The molecule has 0 aliphatic carbocycles.